The minimum Gasteiger partial charge on any atom is -0.460 e. The molecular formula is C15H23BrO2. The SMILES string of the molecule is CC(C)(C)OC(=O)C12CC3CC(CC(Br)(C3)C1)C2. The summed E-state index contributed by atoms with van der Waals surface area (Å²) < 4.78 is 5.94. The molecule has 4 bridgehead atoms. The number of hydrogen-bond acceptors (Lipinski definition) is 2. The van der Waals surface area contributed by atoms with E-state index in [4.69, 9.17) is 4.74 Å². The average Bonchev–Trinajstić information content (AvgIpc) is 2.09. The molecule has 4 rings (SSSR count). The Morgan fingerprint density at radius 1 is 1.17 bits per heavy atom. The van der Waals surface area contributed by atoms with Crippen LogP contribution in [0.2, 0.25) is 0 Å². The standard InChI is InChI=1S/C15H23BrO2/c1-13(2,3)18-12(17)14-5-10-4-11(6-14)8-15(16,7-10)9-14/h10-11H,4-9H2,1-3H3. The molecule has 18 heavy (non-hydrogen) atoms. The average molecular weight is 315 g/mol. The molecule has 4 fully saturated rings. The Hall–Kier alpha value is -0.0500. The first kappa shape index (κ1) is 13.0. The van der Waals surface area contributed by atoms with Gasteiger partial charge >= 0.3 is 5.97 Å². The van der Waals surface area contributed by atoms with Crippen LogP contribution in [-0.2, 0) is 9.53 Å². The molecule has 0 heterocycles. The zero-order chi connectivity index (χ0) is 13.2. The zero-order valence-electron chi connectivity index (χ0n) is 11.6. The van der Waals surface area contributed by atoms with Gasteiger partial charge in [0.2, 0.25) is 0 Å². The summed E-state index contributed by atoms with van der Waals surface area (Å²) in [5.74, 6) is 1.53. The van der Waals surface area contributed by atoms with Crippen molar-refractivity contribution >= 4 is 21.9 Å². The molecule has 2 atom stereocenters. The fourth-order valence-electron chi connectivity index (χ4n) is 4.78. The lowest BCUT2D eigenvalue weighted by Gasteiger charge is -2.59. The molecule has 0 saturated heterocycles. The Balaban J connectivity index is 1.85. The third-order valence-corrected chi connectivity index (χ3v) is 5.75. The highest BCUT2D eigenvalue weighted by Crippen LogP contribution is 2.64. The molecule has 0 aromatic carbocycles. The highest BCUT2D eigenvalue weighted by atomic mass is 79.9. The van der Waals surface area contributed by atoms with Gasteiger partial charge in [0.15, 0.2) is 0 Å². The molecule has 0 spiro atoms. The highest BCUT2D eigenvalue weighted by Gasteiger charge is 2.60. The van der Waals surface area contributed by atoms with Gasteiger partial charge in [0, 0.05) is 4.32 Å². The summed E-state index contributed by atoms with van der Waals surface area (Å²) in [6.45, 7) is 5.90. The quantitative estimate of drug-likeness (QED) is 0.539. The number of rotatable bonds is 1. The maximum Gasteiger partial charge on any atom is 0.312 e. The van der Waals surface area contributed by atoms with Gasteiger partial charge < -0.3 is 4.74 Å². The van der Waals surface area contributed by atoms with Crippen LogP contribution in [0.4, 0.5) is 0 Å². The van der Waals surface area contributed by atoms with Gasteiger partial charge in [0.25, 0.3) is 0 Å². The van der Waals surface area contributed by atoms with Crippen molar-refractivity contribution in [2.24, 2.45) is 17.3 Å². The van der Waals surface area contributed by atoms with Gasteiger partial charge in [-0.05, 0) is 71.1 Å². The Labute approximate surface area is 118 Å². The van der Waals surface area contributed by atoms with Crippen molar-refractivity contribution in [1.29, 1.82) is 0 Å². The topological polar surface area (TPSA) is 26.3 Å². The summed E-state index contributed by atoms with van der Waals surface area (Å²) in [5, 5.41) is 0. The van der Waals surface area contributed by atoms with E-state index in [9.17, 15) is 4.79 Å². The van der Waals surface area contributed by atoms with E-state index in [2.05, 4.69) is 15.9 Å². The Morgan fingerprint density at radius 2 is 1.72 bits per heavy atom. The zero-order valence-corrected chi connectivity index (χ0v) is 13.2. The van der Waals surface area contributed by atoms with Crippen molar-refractivity contribution in [3.8, 4) is 0 Å². The van der Waals surface area contributed by atoms with E-state index in [1.54, 1.807) is 0 Å². The van der Waals surface area contributed by atoms with Crippen LogP contribution in [0.15, 0.2) is 0 Å². The third kappa shape index (κ3) is 2.13. The van der Waals surface area contributed by atoms with Crippen molar-refractivity contribution < 1.29 is 9.53 Å². The minimum absolute atomic E-state index is 0.0629. The number of ether oxygens (including phenoxy) is 1. The molecule has 102 valence electrons. The number of alkyl halides is 1. The number of carbonyl (C=O) groups excluding carboxylic acids is 1. The van der Waals surface area contributed by atoms with Crippen molar-refractivity contribution in [3.63, 3.8) is 0 Å². The molecule has 0 aromatic heterocycles. The van der Waals surface area contributed by atoms with Gasteiger partial charge in [-0.15, -0.1) is 0 Å². The molecule has 0 aliphatic heterocycles. The van der Waals surface area contributed by atoms with Gasteiger partial charge in [-0.25, -0.2) is 0 Å². The van der Waals surface area contributed by atoms with E-state index in [1.807, 2.05) is 20.8 Å². The van der Waals surface area contributed by atoms with Crippen molar-refractivity contribution in [3.05, 3.63) is 0 Å². The second-order valence-corrected chi connectivity index (χ2v) is 9.58. The van der Waals surface area contributed by atoms with Crippen LogP contribution >= 0.6 is 15.9 Å². The predicted molar refractivity (Wildman–Crippen MR) is 74.6 cm³/mol. The smallest absolute Gasteiger partial charge is 0.312 e. The fraction of sp³-hybridized carbons (Fsp3) is 0.933. The molecule has 4 aliphatic carbocycles. The molecule has 0 amide bonds. The first-order valence-electron chi connectivity index (χ1n) is 7.12. The van der Waals surface area contributed by atoms with Crippen LogP contribution in [0, 0.1) is 17.3 Å². The molecule has 4 saturated carbocycles. The maximum absolute atomic E-state index is 12.6. The van der Waals surface area contributed by atoms with Gasteiger partial charge in [-0.2, -0.15) is 0 Å². The number of esters is 1. The molecule has 0 N–H and O–H groups in total. The fourth-order valence-corrected chi connectivity index (χ4v) is 6.23. The van der Waals surface area contributed by atoms with Crippen molar-refractivity contribution in [2.45, 2.75) is 69.2 Å². The molecule has 2 unspecified atom stereocenters. The first-order valence-corrected chi connectivity index (χ1v) is 7.92. The third-order valence-electron chi connectivity index (χ3n) is 4.82. The van der Waals surface area contributed by atoms with Crippen LogP contribution in [0.25, 0.3) is 0 Å². The molecule has 0 radical (unpaired) electrons. The van der Waals surface area contributed by atoms with Gasteiger partial charge in [0.1, 0.15) is 5.60 Å². The normalized spacial score (nSPS) is 46.2. The Kier molecular flexibility index (Phi) is 2.69. The monoisotopic (exact) mass is 314 g/mol. The Bertz CT molecular complexity index is 368. The molecular weight excluding hydrogens is 292 g/mol. The molecule has 2 nitrogen and oxygen atoms in total. The number of hydrogen-bond donors (Lipinski definition) is 0. The summed E-state index contributed by atoms with van der Waals surface area (Å²) in [6.07, 6.45) is 6.96. The van der Waals surface area contributed by atoms with E-state index in [0.717, 1.165) is 31.1 Å². The second-order valence-electron chi connectivity index (χ2n) is 7.89. The summed E-state index contributed by atoms with van der Waals surface area (Å²) >= 11 is 3.93. The summed E-state index contributed by atoms with van der Waals surface area (Å²) in [7, 11) is 0. The lowest BCUT2D eigenvalue weighted by atomic mass is 9.49. The predicted octanol–water partition coefficient (Wildman–Crippen LogP) is 4.06. The summed E-state index contributed by atoms with van der Waals surface area (Å²) in [6, 6.07) is 0. The lowest BCUT2D eigenvalue weighted by molar-refractivity contribution is -0.180. The Morgan fingerprint density at radius 3 is 2.17 bits per heavy atom. The van der Waals surface area contributed by atoms with E-state index in [0.29, 0.717) is 0 Å². The first-order chi connectivity index (χ1) is 8.20. The van der Waals surface area contributed by atoms with Crippen LogP contribution in [0.3, 0.4) is 0 Å². The van der Waals surface area contributed by atoms with E-state index < -0.39 is 0 Å². The highest BCUT2D eigenvalue weighted by molar-refractivity contribution is 9.10. The largest absolute Gasteiger partial charge is 0.460 e. The maximum atomic E-state index is 12.6. The van der Waals surface area contributed by atoms with Crippen LogP contribution < -0.4 is 0 Å². The summed E-state index contributed by atoms with van der Waals surface area (Å²) in [5.41, 5.74) is -0.541. The van der Waals surface area contributed by atoms with Crippen LogP contribution in [0.5, 0.6) is 0 Å². The van der Waals surface area contributed by atoms with Gasteiger partial charge in [0.05, 0.1) is 5.41 Å². The minimum atomic E-state index is -0.361. The van der Waals surface area contributed by atoms with Gasteiger partial charge in [-0.3, -0.25) is 4.79 Å². The number of carbonyl (C=O) groups is 1. The van der Waals surface area contributed by atoms with E-state index >= 15 is 0 Å². The lowest BCUT2D eigenvalue weighted by Crippen LogP contribution is -2.56. The van der Waals surface area contributed by atoms with Crippen molar-refractivity contribution in [1.82, 2.24) is 0 Å². The summed E-state index contributed by atoms with van der Waals surface area (Å²) in [4.78, 5) is 12.6. The van der Waals surface area contributed by atoms with E-state index in [-0.39, 0.29) is 21.3 Å². The second kappa shape index (κ2) is 3.74. The van der Waals surface area contributed by atoms with Crippen LogP contribution in [0.1, 0.15) is 59.3 Å². The van der Waals surface area contributed by atoms with Crippen molar-refractivity contribution in [2.75, 3.05) is 0 Å². The molecule has 0 aromatic rings. The van der Waals surface area contributed by atoms with Crippen LogP contribution in [-0.4, -0.2) is 15.9 Å². The molecule has 3 heteroatoms. The number of halogens is 1. The van der Waals surface area contributed by atoms with Gasteiger partial charge in [-0.1, -0.05) is 15.9 Å². The molecule has 4 aliphatic rings. The van der Waals surface area contributed by atoms with E-state index in [1.165, 1.54) is 19.3 Å².